The number of hydrogen-bond donors (Lipinski definition) is 1. The third-order valence-corrected chi connectivity index (χ3v) is 6.77. The molecule has 2 aromatic rings. The predicted octanol–water partition coefficient (Wildman–Crippen LogP) is 1.98. The quantitative estimate of drug-likeness (QED) is 0.720. The molecule has 2 fully saturated rings. The minimum atomic E-state index is -0.725. The summed E-state index contributed by atoms with van der Waals surface area (Å²) >= 11 is 1.31. The van der Waals surface area contributed by atoms with Crippen LogP contribution >= 0.6 is 11.3 Å². The second-order valence-electron chi connectivity index (χ2n) is 8.58. The van der Waals surface area contributed by atoms with Crippen LogP contribution in [0.5, 0.6) is 0 Å². The van der Waals surface area contributed by atoms with Gasteiger partial charge in [-0.25, -0.2) is 0 Å². The molecule has 9 heteroatoms. The number of hydrogen-bond acceptors (Lipinski definition) is 6. The number of thiophene rings is 1. The highest BCUT2D eigenvalue weighted by Gasteiger charge is 2.52. The summed E-state index contributed by atoms with van der Waals surface area (Å²) in [6.07, 6.45) is 2.53. The Morgan fingerprint density at radius 3 is 2.66 bits per heavy atom. The van der Waals surface area contributed by atoms with Crippen molar-refractivity contribution in [3.63, 3.8) is 0 Å². The zero-order valence-corrected chi connectivity index (χ0v) is 18.9. The van der Waals surface area contributed by atoms with Crippen molar-refractivity contribution in [2.45, 2.75) is 44.8 Å². The molecule has 0 spiro atoms. The Morgan fingerprint density at radius 2 is 2.00 bits per heavy atom. The molecule has 0 aromatic carbocycles. The van der Waals surface area contributed by atoms with Gasteiger partial charge in [0.05, 0.1) is 17.5 Å². The molecule has 32 heavy (non-hydrogen) atoms. The minimum absolute atomic E-state index is 0.0368. The lowest BCUT2D eigenvalue weighted by Gasteiger charge is -2.29. The van der Waals surface area contributed by atoms with E-state index < -0.39 is 12.1 Å². The fraction of sp³-hybridized carbons (Fsp3) is 0.435. The average molecular weight is 455 g/mol. The number of carbonyl (C=O) groups excluding carboxylic acids is 4. The van der Waals surface area contributed by atoms with E-state index in [0.717, 1.165) is 0 Å². The molecule has 0 radical (unpaired) electrons. The number of rotatable bonds is 6. The van der Waals surface area contributed by atoms with Crippen LogP contribution in [0.2, 0.25) is 0 Å². The number of nitrogens with one attached hydrogen (secondary N) is 1. The lowest BCUT2D eigenvalue weighted by Crippen LogP contribution is -2.52. The van der Waals surface area contributed by atoms with Crippen LogP contribution in [0.15, 0.2) is 41.9 Å². The van der Waals surface area contributed by atoms with E-state index in [1.807, 2.05) is 19.2 Å². The van der Waals surface area contributed by atoms with Gasteiger partial charge in [0.25, 0.3) is 11.8 Å². The van der Waals surface area contributed by atoms with Gasteiger partial charge < -0.3 is 15.1 Å². The first-order chi connectivity index (χ1) is 15.4. The minimum Gasteiger partial charge on any atom is -0.340 e. The predicted molar refractivity (Wildman–Crippen MR) is 119 cm³/mol. The maximum absolute atomic E-state index is 13.5. The van der Waals surface area contributed by atoms with Crippen LogP contribution in [0, 0.1) is 5.92 Å². The molecular formula is C23H26N4O4S. The first-order valence-corrected chi connectivity index (χ1v) is 11.6. The third-order valence-electron chi connectivity index (χ3n) is 5.91. The van der Waals surface area contributed by atoms with Crippen LogP contribution in [0.25, 0.3) is 0 Å². The van der Waals surface area contributed by atoms with Crippen molar-refractivity contribution in [3.05, 3.63) is 52.5 Å². The Bertz CT molecular complexity index is 1010. The van der Waals surface area contributed by atoms with Gasteiger partial charge in [-0.15, -0.1) is 11.3 Å². The van der Waals surface area contributed by atoms with Crippen molar-refractivity contribution < 1.29 is 19.2 Å². The normalized spacial score (nSPS) is 21.0. The molecule has 1 N–H and O–H groups in total. The van der Waals surface area contributed by atoms with Crippen LogP contribution in [-0.4, -0.2) is 69.5 Å². The van der Waals surface area contributed by atoms with Gasteiger partial charge in [-0.05, 0) is 42.3 Å². The molecule has 2 aromatic heterocycles. The van der Waals surface area contributed by atoms with Crippen molar-refractivity contribution in [1.82, 2.24) is 20.1 Å². The molecule has 168 valence electrons. The smallest absolute Gasteiger partial charge is 0.273 e. The molecule has 8 nitrogen and oxygen atoms in total. The van der Waals surface area contributed by atoms with Crippen molar-refractivity contribution in [1.29, 1.82) is 0 Å². The summed E-state index contributed by atoms with van der Waals surface area (Å²) in [5.74, 6) is -0.841. The lowest BCUT2D eigenvalue weighted by atomic mass is 10.0. The van der Waals surface area contributed by atoms with Gasteiger partial charge in [0.15, 0.2) is 5.78 Å². The molecule has 3 unspecified atom stereocenters. The average Bonchev–Trinajstić information content (AvgIpc) is 3.51. The first-order valence-electron chi connectivity index (χ1n) is 10.8. The SMILES string of the molecule is CC(C)CC(NC(=O)c1cccs1)C(=O)N1CCC2C1C(=O)CN2C(=O)c1ccccn1. The van der Waals surface area contributed by atoms with E-state index in [1.54, 1.807) is 41.4 Å². The van der Waals surface area contributed by atoms with Gasteiger partial charge in [0.1, 0.15) is 17.8 Å². The number of fused-ring (bicyclic) bond motifs is 1. The van der Waals surface area contributed by atoms with Crippen LogP contribution in [0.1, 0.15) is 46.8 Å². The number of ketones is 1. The Morgan fingerprint density at radius 1 is 1.19 bits per heavy atom. The number of pyridine rings is 1. The van der Waals surface area contributed by atoms with E-state index in [0.29, 0.717) is 24.3 Å². The Hall–Kier alpha value is -3.07. The highest BCUT2D eigenvalue weighted by molar-refractivity contribution is 7.12. The van der Waals surface area contributed by atoms with Crippen LogP contribution in [0.3, 0.4) is 0 Å². The van der Waals surface area contributed by atoms with E-state index in [9.17, 15) is 19.2 Å². The van der Waals surface area contributed by atoms with E-state index in [1.165, 1.54) is 16.2 Å². The fourth-order valence-electron chi connectivity index (χ4n) is 4.51. The summed E-state index contributed by atoms with van der Waals surface area (Å²) in [5, 5.41) is 4.67. The summed E-state index contributed by atoms with van der Waals surface area (Å²) in [6.45, 7) is 4.30. The first kappa shape index (κ1) is 22.1. The van der Waals surface area contributed by atoms with E-state index in [2.05, 4.69) is 10.3 Å². The number of amides is 3. The van der Waals surface area contributed by atoms with Gasteiger partial charge in [0, 0.05) is 12.7 Å². The van der Waals surface area contributed by atoms with Crippen LogP contribution in [-0.2, 0) is 9.59 Å². The maximum Gasteiger partial charge on any atom is 0.273 e. The summed E-state index contributed by atoms with van der Waals surface area (Å²) in [5.41, 5.74) is 0.284. The Balaban J connectivity index is 1.51. The number of Topliss-reactive ketones (excluding diaryl/α,β-unsaturated/α-hetero) is 1. The largest absolute Gasteiger partial charge is 0.340 e. The topological polar surface area (TPSA) is 99.7 Å². The molecular weight excluding hydrogens is 428 g/mol. The van der Waals surface area contributed by atoms with Crippen molar-refractivity contribution in [2.75, 3.05) is 13.1 Å². The van der Waals surface area contributed by atoms with Crippen LogP contribution in [0.4, 0.5) is 0 Å². The molecule has 3 amide bonds. The molecule has 3 atom stereocenters. The van der Waals surface area contributed by atoms with E-state index in [4.69, 9.17) is 0 Å². The molecule has 2 aliphatic heterocycles. The van der Waals surface area contributed by atoms with Crippen molar-refractivity contribution in [2.24, 2.45) is 5.92 Å². The molecule has 4 rings (SSSR count). The highest BCUT2D eigenvalue weighted by atomic mass is 32.1. The monoisotopic (exact) mass is 454 g/mol. The Labute approximate surface area is 190 Å². The van der Waals surface area contributed by atoms with Crippen molar-refractivity contribution >= 4 is 34.8 Å². The second-order valence-corrected chi connectivity index (χ2v) is 9.53. The third kappa shape index (κ3) is 4.29. The molecule has 0 bridgehead atoms. The summed E-state index contributed by atoms with van der Waals surface area (Å²) < 4.78 is 0. The zero-order chi connectivity index (χ0) is 22.8. The second kappa shape index (κ2) is 9.20. The summed E-state index contributed by atoms with van der Waals surface area (Å²) in [4.78, 5) is 59.6. The molecule has 0 aliphatic carbocycles. The zero-order valence-electron chi connectivity index (χ0n) is 18.1. The highest BCUT2D eigenvalue weighted by Crippen LogP contribution is 2.31. The fourth-order valence-corrected chi connectivity index (χ4v) is 5.13. The lowest BCUT2D eigenvalue weighted by molar-refractivity contribution is -0.138. The number of likely N-dealkylation sites (tertiary alicyclic amines) is 2. The number of carbonyl (C=O) groups is 4. The molecule has 4 heterocycles. The molecule has 2 aliphatic rings. The number of aromatic nitrogens is 1. The van der Waals surface area contributed by atoms with Gasteiger partial charge in [-0.2, -0.15) is 0 Å². The maximum atomic E-state index is 13.5. The van der Waals surface area contributed by atoms with Gasteiger partial charge in [-0.3, -0.25) is 24.2 Å². The van der Waals surface area contributed by atoms with E-state index >= 15 is 0 Å². The van der Waals surface area contributed by atoms with Crippen LogP contribution < -0.4 is 5.32 Å². The number of nitrogens with zero attached hydrogens (tertiary/aromatic N) is 3. The van der Waals surface area contributed by atoms with Gasteiger partial charge in [-0.1, -0.05) is 26.0 Å². The Kier molecular flexibility index (Phi) is 6.36. The standard InChI is InChI=1S/C23H26N4O4S/c1-14(2)12-16(25-21(29)19-7-5-11-32-19)23(31)26-10-8-17-20(26)18(28)13-27(17)22(30)15-6-3-4-9-24-15/h3-7,9,11,14,16-17,20H,8,10,12-13H2,1-2H3,(H,25,29). The van der Waals surface area contributed by atoms with Gasteiger partial charge >= 0.3 is 0 Å². The summed E-state index contributed by atoms with van der Waals surface area (Å²) in [6, 6.07) is 6.81. The summed E-state index contributed by atoms with van der Waals surface area (Å²) in [7, 11) is 0. The molecule has 2 saturated heterocycles. The van der Waals surface area contributed by atoms with Gasteiger partial charge in [0.2, 0.25) is 5.91 Å². The van der Waals surface area contributed by atoms with E-state index in [-0.39, 0.29) is 47.7 Å². The molecule has 0 saturated carbocycles. The van der Waals surface area contributed by atoms with Crippen molar-refractivity contribution in [3.8, 4) is 0 Å².